The van der Waals surface area contributed by atoms with Crippen molar-refractivity contribution >= 4 is 27.3 Å². The lowest BCUT2D eigenvalue weighted by atomic mass is 9.92. The van der Waals surface area contributed by atoms with Crippen LogP contribution in [0.15, 0.2) is 60.0 Å². The summed E-state index contributed by atoms with van der Waals surface area (Å²) in [6.07, 6.45) is 0. The van der Waals surface area contributed by atoms with Crippen LogP contribution in [0.25, 0.3) is 5.57 Å². The van der Waals surface area contributed by atoms with Crippen LogP contribution in [0.1, 0.15) is 31.9 Å². The Bertz CT molecular complexity index is 950. The molecule has 2 aromatic carbocycles. The molecule has 0 atom stereocenters. The van der Waals surface area contributed by atoms with Crippen LogP contribution in [0, 0.1) is 0 Å². The van der Waals surface area contributed by atoms with Gasteiger partial charge in [-0.1, -0.05) is 36.4 Å². The summed E-state index contributed by atoms with van der Waals surface area (Å²) >= 11 is 0. The number of primary sulfonamides is 1. The van der Waals surface area contributed by atoms with Crippen LogP contribution in [0.3, 0.4) is 0 Å². The Balaban J connectivity index is 2.16. The number of rotatable bonds is 5. The Morgan fingerprint density at radius 1 is 1.12 bits per heavy atom. The van der Waals surface area contributed by atoms with E-state index in [4.69, 9.17) is 5.14 Å². The third kappa shape index (κ3) is 4.93. The molecule has 0 aromatic heterocycles. The van der Waals surface area contributed by atoms with Crippen molar-refractivity contribution in [1.82, 2.24) is 5.32 Å². The molecule has 0 aliphatic heterocycles. The van der Waals surface area contributed by atoms with Crippen molar-refractivity contribution in [2.75, 3.05) is 5.32 Å². The van der Waals surface area contributed by atoms with E-state index in [0.717, 1.165) is 16.7 Å². The van der Waals surface area contributed by atoms with E-state index in [1.807, 2.05) is 45.0 Å². The van der Waals surface area contributed by atoms with Crippen LogP contribution in [-0.2, 0) is 15.6 Å². The van der Waals surface area contributed by atoms with Crippen molar-refractivity contribution in [3.8, 4) is 0 Å². The molecule has 0 aliphatic carbocycles. The van der Waals surface area contributed by atoms with Crippen molar-refractivity contribution in [2.24, 2.45) is 5.14 Å². The van der Waals surface area contributed by atoms with E-state index in [1.165, 1.54) is 18.2 Å². The second kappa shape index (κ2) is 7.31. The number of hydrogen-bond donors (Lipinski definition) is 3. The van der Waals surface area contributed by atoms with Gasteiger partial charge >= 0.3 is 6.03 Å². The van der Waals surface area contributed by atoms with Crippen LogP contribution in [0.4, 0.5) is 10.5 Å². The van der Waals surface area contributed by atoms with Gasteiger partial charge in [-0.3, -0.25) is 0 Å². The molecule has 0 radical (unpaired) electrons. The summed E-state index contributed by atoms with van der Waals surface area (Å²) < 4.78 is 22.8. The predicted octanol–water partition coefficient (Wildman–Crippen LogP) is 3.42. The number of nitrogens with two attached hydrogens (primary N) is 1. The maximum absolute atomic E-state index is 12.4. The van der Waals surface area contributed by atoms with Crippen molar-refractivity contribution < 1.29 is 13.2 Å². The topological polar surface area (TPSA) is 101 Å². The van der Waals surface area contributed by atoms with Crippen molar-refractivity contribution in [1.29, 1.82) is 0 Å². The summed E-state index contributed by atoms with van der Waals surface area (Å²) in [6, 6.07) is 13.1. The molecule has 6 nitrogen and oxygen atoms in total. The zero-order chi connectivity index (χ0) is 19.5. The molecule has 0 unspecified atom stereocenters. The van der Waals surface area contributed by atoms with Gasteiger partial charge < -0.3 is 10.6 Å². The molecule has 2 rings (SSSR count). The summed E-state index contributed by atoms with van der Waals surface area (Å²) in [6.45, 7) is 9.62. The van der Waals surface area contributed by atoms with Gasteiger partial charge in [-0.05, 0) is 56.2 Å². The van der Waals surface area contributed by atoms with Gasteiger partial charge in [0.05, 0.1) is 10.4 Å². The largest absolute Gasteiger partial charge is 0.329 e. The highest BCUT2D eigenvalue weighted by Gasteiger charge is 2.23. The Labute approximate surface area is 154 Å². The molecular weight excluding hydrogens is 350 g/mol. The van der Waals surface area contributed by atoms with E-state index < -0.39 is 21.6 Å². The number of carbonyl (C=O) groups excluding carboxylic acids is 1. The molecule has 138 valence electrons. The monoisotopic (exact) mass is 373 g/mol. The molecule has 0 fully saturated rings. The zero-order valence-electron chi connectivity index (χ0n) is 15.0. The number of allylic oxidation sites excluding steroid dienone is 1. The number of amides is 2. The standard InChI is InChI=1S/C19H23N3O3S/c1-13(2)14-7-5-8-15(11-14)19(3,4)22-18(23)21-16-9-6-10-17(12-16)26(20,24)25/h5-12H,1H2,2-4H3,(H2,20,24,25)(H2,21,22,23). The molecule has 4 N–H and O–H groups in total. The quantitative estimate of drug-likeness (QED) is 0.748. The van der Waals surface area contributed by atoms with Gasteiger partial charge in [-0.15, -0.1) is 0 Å². The molecule has 0 saturated carbocycles. The molecule has 0 heterocycles. The van der Waals surface area contributed by atoms with Gasteiger partial charge in [0.2, 0.25) is 10.0 Å². The fourth-order valence-corrected chi connectivity index (χ4v) is 3.00. The van der Waals surface area contributed by atoms with Gasteiger partial charge in [0.15, 0.2) is 0 Å². The van der Waals surface area contributed by atoms with E-state index >= 15 is 0 Å². The zero-order valence-corrected chi connectivity index (χ0v) is 15.9. The van der Waals surface area contributed by atoms with E-state index in [2.05, 4.69) is 17.2 Å². The van der Waals surface area contributed by atoms with Crippen molar-refractivity contribution in [3.63, 3.8) is 0 Å². The lowest BCUT2D eigenvalue weighted by Crippen LogP contribution is -2.43. The minimum Gasteiger partial charge on any atom is -0.329 e. The van der Waals surface area contributed by atoms with E-state index in [1.54, 1.807) is 6.07 Å². The van der Waals surface area contributed by atoms with Gasteiger partial charge in [0, 0.05) is 5.69 Å². The third-order valence-corrected chi connectivity index (χ3v) is 4.83. The van der Waals surface area contributed by atoms with Crippen LogP contribution in [0.2, 0.25) is 0 Å². The maximum Gasteiger partial charge on any atom is 0.319 e. The molecule has 2 aromatic rings. The fraction of sp³-hybridized carbons (Fsp3) is 0.211. The SMILES string of the molecule is C=C(C)c1cccc(C(C)(C)NC(=O)Nc2cccc(S(N)(=O)=O)c2)c1. The van der Waals surface area contributed by atoms with Crippen molar-refractivity contribution in [3.05, 3.63) is 66.2 Å². The number of carbonyl (C=O) groups is 1. The Morgan fingerprint density at radius 3 is 2.38 bits per heavy atom. The molecule has 2 amide bonds. The van der Waals surface area contributed by atoms with Crippen LogP contribution in [-0.4, -0.2) is 14.4 Å². The minimum absolute atomic E-state index is 0.0660. The Morgan fingerprint density at radius 2 is 1.77 bits per heavy atom. The molecule has 0 aliphatic rings. The van der Waals surface area contributed by atoms with Gasteiger partial charge in [-0.25, -0.2) is 18.4 Å². The first kappa shape index (κ1) is 19.7. The summed E-state index contributed by atoms with van der Waals surface area (Å²) in [5, 5.41) is 10.6. The summed E-state index contributed by atoms with van der Waals surface area (Å²) in [5.74, 6) is 0. The minimum atomic E-state index is -3.83. The third-order valence-electron chi connectivity index (χ3n) is 3.92. The fourth-order valence-electron chi connectivity index (χ4n) is 2.44. The van der Waals surface area contributed by atoms with Gasteiger partial charge in [0.25, 0.3) is 0 Å². The predicted molar refractivity (Wildman–Crippen MR) is 104 cm³/mol. The average Bonchev–Trinajstić information content (AvgIpc) is 2.53. The molecule has 26 heavy (non-hydrogen) atoms. The summed E-state index contributed by atoms with van der Waals surface area (Å²) in [4.78, 5) is 12.3. The highest BCUT2D eigenvalue weighted by molar-refractivity contribution is 7.89. The second-order valence-corrected chi connectivity index (χ2v) is 8.20. The smallest absolute Gasteiger partial charge is 0.319 e. The number of benzene rings is 2. The first-order valence-electron chi connectivity index (χ1n) is 7.97. The van der Waals surface area contributed by atoms with Crippen LogP contribution >= 0.6 is 0 Å². The normalized spacial score (nSPS) is 11.7. The van der Waals surface area contributed by atoms with Gasteiger partial charge in [-0.2, -0.15) is 0 Å². The number of sulfonamides is 1. The maximum atomic E-state index is 12.4. The van der Waals surface area contributed by atoms with E-state index in [9.17, 15) is 13.2 Å². The van der Waals surface area contributed by atoms with Crippen LogP contribution < -0.4 is 15.8 Å². The van der Waals surface area contributed by atoms with Gasteiger partial charge in [0.1, 0.15) is 0 Å². The lowest BCUT2D eigenvalue weighted by Gasteiger charge is -2.27. The van der Waals surface area contributed by atoms with E-state index in [0.29, 0.717) is 5.69 Å². The summed E-state index contributed by atoms with van der Waals surface area (Å²) in [7, 11) is -3.83. The number of anilines is 1. The first-order valence-corrected chi connectivity index (χ1v) is 9.52. The Kier molecular flexibility index (Phi) is 5.53. The molecular formula is C19H23N3O3S. The second-order valence-electron chi connectivity index (χ2n) is 6.64. The number of hydrogen-bond acceptors (Lipinski definition) is 3. The highest BCUT2D eigenvalue weighted by atomic mass is 32.2. The molecule has 0 bridgehead atoms. The number of nitrogens with one attached hydrogen (secondary N) is 2. The average molecular weight is 373 g/mol. The van der Waals surface area contributed by atoms with E-state index in [-0.39, 0.29) is 4.90 Å². The molecule has 7 heteroatoms. The molecule has 0 spiro atoms. The number of urea groups is 1. The molecule has 0 saturated heterocycles. The summed E-state index contributed by atoms with van der Waals surface area (Å²) in [5.41, 5.74) is 2.55. The lowest BCUT2D eigenvalue weighted by molar-refractivity contribution is 0.242. The highest BCUT2D eigenvalue weighted by Crippen LogP contribution is 2.24. The van der Waals surface area contributed by atoms with Crippen molar-refractivity contribution in [2.45, 2.75) is 31.2 Å². The first-order chi connectivity index (χ1) is 12.0. The Hall–Kier alpha value is -2.64. The van der Waals surface area contributed by atoms with Crippen LogP contribution in [0.5, 0.6) is 0 Å².